The molecular weight excluding hydrogens is 342 g/mol. The van der Waals surface area contributed by atoms with Gasteiger partial charge in [-0.1, -0.05) is 15.9 Å². The van der Waals surface area contributed by atoms with Gasteiger partial charge in [0.25, 0.3) is 0 Å². The van der Waals surface area contributed by atoms with E-state index >= 15 is 0 Å². The summed E-state index contributed by atoms with van der Waals surface area (Å²) < 4.78 is 5.58. The highest BCUT2D eigenvalue weighted by molar-refractivity contribution is 9.10. The summed E-state index contributed by atoms with van der Waals surface area (Å²) >= 11 is 4.88. The van der Waals surface area contributed by atoms with Gasteiger partial charge in [-0.15, -0.1) is 11.8 Å². The van der Waals surface area contributed by atoms with Crippen molar-refractivity contribution in [2.45, 2.75) is 17.7 Å². The summed E-state index contributed by atoms with van der Waals surface area (Å²) in [6.45, 7) is 0.564. The predicted molar refractivity (Wildman–Crippen MR) is 83.8 cm³/mol. The van der Waals surface area contributed by atoms with Gasteiger partial charge in [0.15, 0.2) is 0 Å². The number of nitrogens with zero attached hydrogens (tertiary/aromatic N) is 1. The van der Waals surface area contributed by atoms with Crippen LogP contribution in [0.3, 0.4) is 0 Å². The smallest absolute Gasteiger partial charge is 0.305 e. The zero-order valence-electron chi connectivity index (χ0n) is 11.6. The van der Waals surface area contributed by atoms with Crippen molar-refractivity contribution in [1.82, 2.24) is 4.90 Å². The Labute approximate surface area is 132 Å². The van der Waals surface area contributed by atoms with Gasteiger partial charge in [0, 0.05) is 29.4 Å². The van der Waals surface area contributed by atoms with Crippen LogP contribution in [-0.4, -0.2) is 43.2 Å². The summed E-state index contributed by atoms with van der Waals surface area (Å²) in [5.74, 6) is 0.217. The Balaban J connectivity index is 2.27. The van der Waals surface area contributed by atoms with E-state index in [4.69, 9.17) is 0 Å². The minimum absolute atomic E-state index is 0.0581. The first-order valence-corrected chi connectivity index (χ1v) is 8.00. The average molecular weight is 360 g/mol. The number of methoxy groups -OCH3 is 1. The molecule has 0 bridgehead atoms. The van der Waals surface area contributed by atoms with Gasteiger partial charge in [-0.3, -0.25) is 9.59 Å². The molecule has 1 aromatic carbocycles. The SMILES string of the molecule is COC(=O)CCCN(C)C(=O)CSc1ccc(Br)cc1. The molecule has 0 fully saturated rings. The fraction of sp³-hybridized carbons (Fsp3) is 0.429. The number of esters is 1. The second-order valence-corrected chi connectivity index (χ2v) is 6.20. The number of ether oxygens (including phenoxy) is 1. The molecule has 0 saturated carbocycles. The molecule has 0 spiro atoms. The molecule has 1 amide bonds. The maximum atomic E-state index is 11.9. The molecule has 0 aliphatic carbocycles. The van der Waals surface area contributed by atoms with E-state index in [1.165, 1.54) is 18.9 Å². The zero-order valence-corrected chi connectivity index (χ0v) is 14.0. The van der Waals surface area contributed by atoms with Crippen LogP contribution in [0.2, 0.25) is 0 Å². The first-order chi connectivity index (χ1) is 9.52. The minimum atomic E-state index is -0.241. The second kappa shape index (κ2) is 9.02. The molecule has 0 N–H and O–H groups in total. The molecule has 1 aromatic rings. The number of rotatable bonds is 7. The van der Waals surface area contributed by atoms with Gasteiger partial charge >= 0.3 is 5.97 Å². The number of halogens is 1. The molecule has 0 saturated heterocycles. The van der Waals surface area contributed by atoms with Gasteiger partial charge in [-0.25, -0.2) is 0 Å². The predicted octanol–water partition coefficient (Wildman–Crippen LogP) is 2.95. The summed E-state index contributed by atoms with van der Waals surface area (Å²) in [6.07, 6.45) is 0.964. The first kappa shape index (κ1) is 17.0. The summed E-state index contributed by atoms with van der Waals surface area (Å²) in [5.41, 5.74) is 0. The second-order valence-electron chi connectivity index (χ2n) is 4.24. The maximum absolute atomic E-state index is 11.9. The van der Waals surface area contributed by atoms with Crippen molar-refractivity contribution < 1.29 is 14.3 Å². The normalized spacial score (nSPS) is 10.2. The third kappa shape index (κ3) is 6.43. The molecule has 0 heterocycles. The van der Waals surface area contributed by atoms with Crippen LogP contribution in [0.5, 0.6) is 0 Å². The molecule has 110 valence electrons. The Morgan fingerprint density at radius 3 is 2.55 bits per heavy atom. The zero-order chi connectivity index (χ0) is 15.0. The standard InChI is InChI=1S/C14H18BrNO3S/c1-16(9-3-4-14(18)19-2)13(17)10-20-12-7-5-11(15)6-8-12/h5-8H,3-4,9-10H2,1-2H3. The molecule has 0 aromatic heterocycles. The fourth-order valence-corrected chi connectivity index (χ4v) is 2.58. The number of carbonyl (C=O) groups is 2. The van der Waals surface area contributed by atoms with E-state index in [0.717, 1.165) is 9.37 Å². The van der Waals surface area contributed by atoms with Crippen LogP contribution in [0.4, 0.5) is 0 Å². The third-order valence-corrected chi connectivity index (χ3v) is 4.23. The van der Waals surface area contributed by atoms with Crippen LogP contribution < -0.4 is 0 Å². The Morgan fingerprint density at radius 1 is 1.30 bits per heavy atom. The van der Waals surface area contributed by atoms with Crippen molar-refractivity contribution in [3.05, 3.63) is 28.7 Å². The van der Waals surface area contributed by atoms with Crippen LogP contribution in [-0.2, 0) is 14.3 Å². The minimum Gasteiger partial charge on any atom is -0.469 e. The lowest BCUT2D eigenvalue weighted by Crippen LogP contribution is -2.29. The van der Waals surface area contributed by atoms with Crippen LogP contribution in [0.1, 0.15) is 12.8 Å². The van der Waals surface area contributed by atoms with Crippen LogP contribution in [0.25, 0.3) is 0 Å². The summed E-state index contributed by atoms with van der Waals surface area (Å²) in [5, 5.41) is 0. The van der Waals surface area contributed by atoms with Crippen molar-refractivity contribution in [3.8, 4) is 0 Å². The Kier molecular flexibility index (Phi) is 7.69. The molecule has 0 aliphatic heterocycles. The maximum Gasteiger partial charge on any atom is 0.305 e. The van der Waals surface area contributed by atoms with Gasteiger partial charge < -0.3 is 9.64 Å². The van der Waals surface area contributed by atoms with Gasteiger partial charge in [0.1, 0.15) is 0 Å². The van der Waals surface area contributed by atoms with E-state index in [0.29, 0.717) is 25.1 Å². The molecular formula is C14H18BrNO3S. The number of hydrogen-bond acceptors (Lipinski definition) is 4. The number of benzene rings is 1. The largest absolute Gasteiger partial charge is 0.469 e. The number of hydrogen-bond donors (Lipinski definition) is 0. The van der Waals surface area contributed by atoms with Crippen molar-refractivity contribution in [2.75, 3.05) is 26.5 Å². The quantitative estimate of drug-likeness (QED) is 0.554. The molecule has 4 nitrogen and oxygen atoms in total. The Hall–Kier alpha value is -1.01. The van der Waals surface area contributed by atoms with Crippen LogP contribution in [0, 0.1) is 0 Å². The monoisotopic (exact) mass is 359 g/mol. The highest BCUT2D eigenvalue weighted by Crippen LogP contribution is 2.20. The van der Waals surface area contributed by atoms with Crippen LogP contribution >= 0.6 is 27.7 Å². The van der Waals surface area contributed by atoms with E-state index in [-0.39, 0.29) is 11.9 Å². The lowest BCUT2D eigenvalue weighted by Gasteiger charge is -2.16. The van der Waals surface area contributed by atoms with E-state index in [9.17, 15) is 9.59 Å². The fourth-order valence-electron chi connectivity index (χ4n) is 1.47. The summed E-state index contributed by atoms with van der Waals surface area (Å²) in [4.78, 5) is 25.6. The molecule has 20 heavy (non-hydrogen) atoms. The van der Waals surface area contributed by atoms with Crippen molar-refractivity contribution >= 4 is 39.6 Å². The molecule has 0 atom stereocenters. The van der Waals surface area contributed by atoms with Gasteiger partial charge in [0.05, 0.1) is 12.9 Å². The number of carbonyl (C=O) groups excluding carboxylic acids is 2. The van der Waals surface area contributed by atoms with Gasteiger partial charge in [-0.2, -0.15) is 0 Å². The molecule has 0 radical (unpaired) electrons. The van der Waals surface area contributed by atoms with Crippen molar-refractivity contribution in [3.63, 3.8) is 0 Å². The van der Waals surface area contributed by atoms with E-state index in [1.54, 1.807) is 11.9 Å². The molecule has 6 heteroatoms. The number of thioether (sulfide) groups is 1. The Bertz CT molecular complexity index is 450. The van der Waals surface area contributed by atoms with E-state index in [2.05, 4.69) is 20.7 Å². The van der Waals surface area contributed by atoms with Crippen molar-refractivity contribution in [1.29, 1.82) is 0 Å². The van der Waals surface area contributed by atoms with Crippen molar-refractivity contribution in [2.24, 2.45) is 0 Å². The average Bonchev–Trinajstić information content (AvgIpc) is 2.45. The Morgan fingerprint density at radius 2 is 1.95 bits per heavy atom. The lowest BCUT2D eigenvalue weighted by molar-refractivity contribution is -0.141. The number of amides is 1. The highest BCUT2D eigenvalue weighted by Gasteiger charge is 2.10. The molecule has 0 aliphatic rings. The van der Waals surface area contributed by atoms with E-state index in [1.807, 2.05) is 24.3 Å². The lowest BCUT2D eigenvalue weighted by atomic mass is 10.3. The molecule has 1 rings (SSSR count). The van der Waals surface area contributed by atoms with Gasteiger partial charge in [-0.05, 0) is 30.7 Å². The van der Waals surface area contributed by atoms with Crippen LogP contribution in [0.15, 0.2) is 33.6 Å². The highest BCUT2D eigenvalue weighted by atomic mass is 79.9. The summed E-state index contributed by atoms with van der Waals surface area (Å²) in [6, 6.07) is 7.85. The summed E-state index contributed by atoms with van der Waals surface area (Å²) in [7, 11) is 3.12. The topological polar surface area (TPSA) is 46.6 Å². The third-order valence-electron chi connectivity index (χ3n) is 2.70. The van der Waals surface area contributed by atoms with E-state index < -0.39 is 0 Å². The molecule has 0 unspecified atom stereocenters. The first-order valence-electron chi connectivity index (χ1n) is 6.22. The van der Waals surface area contributed by atoms with Gasteiger partial charge in [0.2, 0.25) is 5.91 Å².